The van der Waals surface area contributed by atoms with Gasteiger partial charge in [-0.1, -0.05) is 0 Å². The smallest absolute Gasteiger partial charge is 0.490 e. The Hall–Kier alpha value is -1.27. The fraction of sp³-hybridized carbons (Fsp3) is 0.722. The van der Waals surface area contributed by atoms with Gasteiger partial charge in [0.2, 0.25) is 5.88 Å². The molecule has 0 unspecified atom stereocenters. The summed E-state index contributed by atoms with van der Waals surface area (Å²) in [5, 5.41) is 0. The summed E-state index contributed by atoms with van der Waals surface area (Å²) >= 11 is 0. The van der Waals surface area contributed by atoms with Gasteiger partial charge in [0.05, 0.1) is 22.9 Å². The zero-order valence-electron chi connectivity index (χ0n) is 15.8. The zero-order chi connectivity index (χ0) is 17.8. The molecule has 0 bridgehead atoms. The van der Waals surface area contributed by atoms with Crippen LogP contribution in [0.4, 0.5) is 0 Å². The van der Waals surface area contributed by atoms with E-state index in [1.807, 2.05) is 60.6 Å². The van der Waals surface area contributed by atoms with Gasteiger partial charge in [-0.3, -0.25) is 0 Å². The van der Waals surface area contributed by atoms with Gasteiger partial charge in [-0.15, -0.1) is 0 Å². The van der Waals surface area contributed by atoms with Crippen LogP contribution in [0.15, 0.2) is 12.1 Å². The van der Waals surface area contributed by atoms with Crippen LogP contribution in [0.1, 0.15) is 61.3 Å². The Balaban J connectivity index is 1.90. The van der Waals surface area contributed by atoms with E-state index >= 15 is 0 Å². The van der Waals surface area contributed by atoms with Gasteiger partial charge in [0.25, 0.3) is 0 Å². The Bertz CT molecular complexity index is 604. The van der Waals surface area contributed by atoms with Crippen molar-refractivity contribution in [3.8, 4) is 11.6 Å². The van der Waals surface area contributed by atoms with Crippen molar-refractivity contribution in [3.05, 3.63) is 12.1 Å². The second-order valence-corrected chi connectivity index (χ2v) is 8.69. The molecule has 1 aliphatic carbocycles. The van der Waals surface area contributed by atoms with Crippen LogP contribution < -0.4 is 15.1 Å². The van der Waals surface area contributed by atoms with E-state index in [-0.39, 0.29) is 5.60 Å². The predicted molar refractivity (Wildman–Crippen MR) is 94.0 cm³/mol. The molecular weight excluding hydrogens is 305 g/mol. The summed E-state index contributed by atoms with van der Waals surface area (Å²) in [5.41, 5.74) is -0.459. The first-order chi connectivity index (χ1) is 11.0. The van der Waals surface area contributed by atoms with E-state index < -0.39 is 18.3 Å². The van der Waals surface area contributed by atoms with Gasteiger partial charge in [-0.05, 0) is 67.4 Å². The molecule has 5 nitrogen and oxygen atoms in total. The van der Waals surface area contributed by atoms with Gasteiger partial charge in [0, 0.05) is 6.07 Å². The van der Waals surface area contributed by atoms with E-state index in [1.54, 1.807) is 0 Å². The van der Waals surface area contributed by atoms with Crippen LogP contribution in [0.2, 0.25) is 0 Å². The fourth-order valence-electron chi connectivity index (χ4n) is 2.40. The molecule has 3 rings (SSSR count). The van der Waals surface area contributed by atoms with E-state index in [2.05, 4.69) is 4.98 Å². The van der Waals surface area contributed by atoms with Crippen LogP contribution in [0.25, 0.3) is 0 Å². The number of nitrogens with zero attached hydrogens (tertiary/aromatic N) is 1. The van der Waals surface area contributed by atoms with Crippen LogP contribution in [0, 0.1) is 0 Å². The molecule has 1 aromatic heterocycles. The first kappa shape index (κ1) is 17.6. The number of pyridine rings is 1. The highest BCUT2D eigenvalue weighted by Crippen LogP contribution is 2.37. The van der Waals surface area contributed by atoms with Gasteiger partial charge < -0.3 is 18.8 Å². The normalized spacial score (nSPS) is 22.5. The summed E-state index contributed by atoms with van der Waals surface area (Å²) in [6, 6.07) is 3.74. The van der Waals surface area contributed by atoms with Crippen LogP contribution in [0.3, 0.4) is 0 Å². The molecule has 0 atom stereocenters. The standard InChI is InChI=1S/C18H28BNO4/c1-16(2,3)22-15-11-13(21-12-8-9-12)10-14(20-15)19-23-17(4,5)18(6,7)24-19/h10-12H,8-9H2,1-7H3. The molecule has 6 heteroatoms. The van der Waals surface area contributed by atoms with Gasteiger partial charge in [-0.25, -0.2) is 4.98 Å². The molecule has 0 radical (unpaired) electrons. The SMILES string of the molecule is CC(C)(C)Oc1cc(OC2CC2)cc(B2OC(C)(C)C(C)(C)O2)n1. The molecule has 1 aliphatic heterocycles. The summed E-state index contributed by atoms with van der Waals surface area (Å²) in [7, 11) is -0.528. The summed E-state index contributed by atoms with van der Waals surface area (Å²) in [6.07, 6.45) is 2.51. The van der Waals surface area contributed by atoms with E-state index in [0.29, 0.717) is 17.6 Å². The molecular formula is C18H28BNO4. The molecule has 2 heterocycles. The van der Waals surface area contributed by atoms with Crippen molar-refractivity contribution < 1.29 is 18.8 Å². The number of hydrogen-bond acceptors (Lipinski definition) is 5. The Kier molecular flexibility index (Phi) is 4.12. The first-order valence-electron chi connectivity index (χ1n) is 8.68. The monoisotopic (exact) mass is 333 g/mol. The third kappa shape index (κ3) is 3.86. The van der Waals surface area contributed by atoms with Gasteiger partial charge in [-0.2, -0.15) is 0 Å². The number of ether oxygens (including phenoxy) is 2. The maximum Gasteiger partial charge on any atom is 0.514 e. The van der Waals surface area contributed by atoms with Gasteiger partial charge in [0.1, 0.15) is 11.4 Å². The Morgan fingerprint density at radius 3 is 2.17 bits per heavy atom. The molecule has 132 valence electrons. The van der Waals surface area contributed by atoms with Crippen molar-refractivity contribution >= 4 is 12.7 Å². The van der Waals surface area contributed by atoms with Crippen LogP contribution >= 0.6 is 0 Å². The Morgan fingerprint density at radius 1 is 1.08 bits per heavy atom. The van der Waals surface area contributed by atoms with E-state index in [1.165, 1.54) is 0 Å². The summed E-state index contributed by atoms with van der Waals surface area (Å²) < 4.78 is 24.1. The molecule has 1 saturated carbocycles. The molecule has 0 amide bonds. The molecule has 0 spiro atoms. The average molecular weight is 333 g/mol. The molecule has 1 aromatic rings. The van der Waals surface area contributed by atoms with Crippen molar-refractivity contribution in [1.82, 2.24) is 4.98 Å². The second kappa shape index (κ2) is 5.63. The number of rotatable bonds is 4. The predicted octanol–water partition coefficient (Wildman–Crippen LogP) is 3.10. The summed E-state index contributed by atoms with van der Waals surface area (Å²) in [4.78, 5) is 4.61. The molecule has 2 fully saturated rings. The topological polar surface area (TPSA) is 49.8 Å². The lowest BCUT2D eigenvalue weighted by Crippen LogP contribution is -2.41. The third-order valence-corrected chi connectivity index (χ3v) is 4.53. The minimum atomic E-state index is -0.528. The highest BCUT2D eigenvalue weighted by molar-refractivity contribution is 6.61. The molecule has 2 aliphatic rings. The average Bonchev–Trinajstić information content (AvgIpc) is 3.14. The maximum absolute atomic E-state index is 6.11. The summed E-state index contributed by atoms with van der Waals surface area (Å²) in [6.45, 7) is 14.1. The maximum atomic E-state index is 6.11. The minimum absolute atomic E-state index is 0.307. The minimum Gasteiger partial charge on any atom is -0.490 e. The van der Waals surface area contributed by atoms with Gasteiger partial charge >= 0.3 is 7.12 Å². The van der Waals surface area contributed by atoms with Crippen molar-refractivity contribution in [3.63, 3.8) is 0 Å². The van der Waals surface area contributed by atoms with Crippen molar-refractivity contribution in [2.75, 3.05) is 0 Å². The molecule has 24 heavy (non-hydrogen) atoms. The first-order valence-corrected chi connectivity index (χ1v) is 8.68. The lowest BCUT2D eigenvalue weighted by atomic mass is 9.84. The van der Waals surface area contributed by atoms with Crippen molar-refractivity contribution in [2.45, 2.75) is 84.2 Å². The van der Waals surface area contributed by atoms with Crippen molar-refractivity contribution in [2.24, 2.45) is 0 Å². The van der Waals surface area contributed by atoms with Crippen molar-refractivity contribution in [1.29, 1.82) is 0 Å². The van der Waals surface area contributed by atoms with E-state index in [9.17, 15) is 0 Å². The fourth-order valence-corrected chi connectivity index (χ4v) is 2.40. The van der Waals surface area contributed by atoms with Crippen LogP contribution in [-0.4, -0.2) is 35.0 Å². The molecule has 1 saturated heterocycles. The number of aromatic nitrogens is 1. The lowest BCUT2D eigenvalue weighted by Gasteiger charge is -2.32. The summed E-state index contributed by atoms with van der Waals surface area (Å²) in [5.74, 6) is 1.29. The highest BCUT2D eigenvalue weighted by Gasteiger charge is 2.52. The van der Waals surface area contributed by atoms with Crippen LogP contribution in [0.5, 0.6) is 11.6 Å². The molecule has 0 N–H and O–H groups in total. The quantitative estimate of drug-likeness (QED) is 0.793. The second-order valence-electron chi connectivity index (χ2n) is 8.69. The third-order valence-electron chi connectivity index (χ3n) is 4.53. The largest absolute Gasteiger partial charge is 0.514 e. The number of hydrogen-bond donors (Lipinski definition) is 0. The zero-order valence-corrected chi connectivity index (χ0v) is 15.8. The lowest BCUT2D eigenvalue weighted by molar-refractivity contribution is 0.00578. The van der Waals surface area contributed by atoms with Crippen LogP contribution in [-0.2, 0) is 9.31 Å². The Morgan fingerprint density at radius 2 is 1.67 bits per heavy atom. The molecule has 0 aromatic carbocycles. The van der Waals surface area contributed by atoms with E-state index in [4.69, 9.17) is 18.8 Å². The van der Waals surface area contributed by atoms with Gasteiger partial charge in [0.15, 0.2) is 0 Å². The Labute approximate surface area is 145 Å². The highest BCUT2D eigenvalue weighted by atomic mass is 16.7. The van der Waals surface area contributed by atoms with E-state index in [0.717, 1.165) is 18.6 Å².